The van der Waals surface area contributed by atoms with Crippen molar-refractivity contribution in [2.24, 2.45) is 0 Å². The van der Waals surface area contributed by atoms with Crippen LogP contribution in [0, 0.1) is 6.92 Å². The molecule has 0 saturated carbocycles. The monoisotopic (exact) mass is 412 g/mol. The number of anilines is 1. The molecular weight excluding hydrogens is 392 g/mol. The van der Waals surface area contributed by atoms with E-state index in [1.54, 1.807) is 23.6 Å². The summed E-state index contributed by atoms with van der Waals surface area (Å²) < 4.78 is 27.5. The van der Waals surface area contributed by atoms with E-state index < -0.39 is 10.0 Å². The number of amides is 1. The second-order valence-corrected chi connectivity index (χ2v) is 9.94. The van der Waals surface area contributed by atoms with Gasteiger partial charge in [0.1, 0.15) is 4.21 Å². The summed E-state index contributed by atoms with van der Waals surface area (Å²) in [5, 5.41) is 4.68. The Hall–Kier alpha value is -2.48. The Balaban J connectivity index is 1.55. The van der Waals surface area contributed by atoms with Crippen molar-refractivity contribution in [2.75, 3.05) is 11.9 Å². The van der Waals surface area contributed by atoms with E-state index in [2.05, 4.69) is 5.32 Å². The smallest absolute Gasteiger partial charge is 0.255 e. The SMILES string of the molecule is Cc1cccc(C(=O)Nc2ccc3c(c2)CN(S(=O)(=O)c2cccs2)CC3)c1. The number of hydrogen-bond donors (Lipinski definition) is 1. The predicted molar refractivity (Wildman–Crippen MR) is 111 cm³/mol. The summed E-state index contributed by atoms with van der Waals surface area (Å²) in [7, 11) is -3.48. The zero-order valence-corrected chi connectivity index (χ0v) is 17.0. The van der Waals surface area contributed by atoms with Gasteiger partial charge in [0.2, 0.25) is 0 Å². The zero-order chi connectivity index (χ0) is 19.7. The number of carbonyl (C=O) groups excluding carboxylic acids is 1. The predicted octanol–water partition coefficient (Wildman–Crippen LogP) is 4.06. The summed E-state index contributed by atoms with van der Waals surface area (Å²) in [5.41, 5.74) is 4.33. The van der Waals surface area contributed by atoms with Gasteiger partial charge < -0.3 is 5.32 Å². The number of aryl methyl sites for hydroxylation is 1. The molecule has 1 aliphatic rings. The molecule has 0 bridgehead atoms. The van der Waals surface area contributed by atoms with Crippen LogP contribution in [0.2, 0.25) is 0 Å². The van der Waals surface area contributed by atoms with Gasteiger partial charge in [-0.25, -0.2) is 8.42 Å². The summed E-state index contributed by atoms with van der Waals surface area (Å²) >= 11 is 1.23. The Bertz CT molecular complexity index is 1120. The lowest BCUT2D eigenvalue weighted by molar-refractivity contribution is 0.102. The van der Waals surface area contributed by atoms with Crippen molar-refractivity contribution in [3.63, 3.8) is 0 Å². The molecule has 0 saturated heterocycles. The lowest BCUT2D eigenvalue weighted by Crippen LogP contribution is -2.35. The van der Waals surface area contributed by atoms with Gasteiger partial charge in [0.15, 0.2) is 0 Å². The van der Waals surface area contributed by atoms with E-state index in [0.29, 0.717) is 35.0 Å². The third kappa shape index (κ3) is 3.73. The largest absolute Gasteiger partial charge is 0.322 e. The Morgan fingerprint density at radius 2 is 1.93 bits per heavy atom. The third-order valence-corrected chi connectivity index (χ3v) is 8.03. The molecule has 1 amide bonds. The maximum absolute atomic E-state index is 12.8. The first-order valence-electron chi connectivity index (χ1n) is 8.97. The van der Waals surface area contributed by atoms with Gasteiger partial charge in [0, 0.05) is 24.3 Å². The molecule has 28 heavy (non-hydrogen) atoms. The summed E-state index contributed by atoms with van der Waals surface area (Å²) in [4.78, 5) is 12.5. The molecule has 144 valence electrons. The van der Waals surface area contributed by atoms with Crippen molar-refractivity contribution in [3.05, 3.63) is 82.2 Å². The van der Waals surface area contributed by atoms with Gasteiger partial charge in [-0.3, -0.25) is 4.79 Å². The van der Waals surface area contributed by atoms with Crippen molar-refractivity contribution in [1.29, 1.82) is 0 Å². The second kappa shape index (κ2) is 7.50. The molecule has 5 nitrogen and oxygen atoms in total. The van der Waals surface area contributed by atoms with Gasteiger partial charge in [-0.15, -0.1) is 11.3 Å². The van der Waals surface area contributed by atoms with E-state index in [0.717, 1.165) is 16.7 Å². The van der Waals surface area contributed by atoms with Gasteiger partial charge >= 0.3 is 0 Å². The van der Waals surface area contributed by atoms with Gasteiger partial charge in [0.25, 0.3) is 15.9 Å². The van der Waals surface area contributed by atoms with Crippen molar-refractivity contribution >= 4 is 33.0 Å². The lowest BCUT2D eigenvalue weighted by atomic mass is 10.0. The third-order valence-electron chi connectivity index (χ3n) is 4.81. The van der Waals surface area contributed by atoms with Crippen LogP contribution in [0.3, 0.4) is 0 Å². The molecule has 0 radical (unpaired) electrons. The van der Waals surface area contributed by atoms with Gasteiger partial charge in [-0.05, 0) is 60.2 Å². The summed E-state index contributed by atoms with van der Waals surface area (Å²) in [6.07, 6.45) is 0.659. The van der Waals surface area contributed by atoms with Gasteiger partial charge in [-0.2, -0.15) is 4.31 Å². The first kappa shape index (κ1) is 18.9. The molecule has 0 unspecified atom stereocenters. The van der Waals surface area contributed by atoms with E-state index in [1.807, 2.05) is 43.3 Å². The Kier molecular flexibility index (Phi) is 5.05. The summed E-state index contributed by atoms with van der Waals surface area (Å²) in [6.45, 7) is 2.71. The van der Waals surface area contributed by atoms with Crippen molar-refractivity contribution in [2.45, 2.75) is 24.1 Å². The van der Waals surface area contributed by atoms with E-state index in [-0.39, 0.29) is 5.91 Å². The van der Waals surface area contributed by atoms with Crippen LogP contribution in [-0.2, 0) is 23.0 Å². The average molecular weight is 413 g/mol. The molecule has 0 aliphatic carbocycles. The van der Waals surface area contributed by atoms with Crippen LogP contribution in [0.25, 0.3) is 0 Å². The maximum atomic E-state index is 12.8. The molecule has 4 rings (SSSR count). The van der Waals surface area contributed by atoms with Gasteiger partial charge in [-0.1, -0.05) is 29.8 Å². The number of hydrogen-bond acceptors (Lipinski definition) is 4. The topological polar surface area (TPSA) is 66.5 Å². The quantitative estimate of drug-likeness (QED) is 0.703. The number of nitrogens with zero attached hydrogens (tertiary/aromatic N) is 1. The molecule has 1 aliphatic heterocycles. The highest BCUT2D eigenvalue weighted by Crippen LogP contribution is 2.28. The van der Waals surface area contributed by atoms with Crippen LogP contribution in [0.15, 0.2) is 64.2 Å². The van der Waals surface area contributed by atoms with Gasteiger partial charge in [0.05, 0.1) is 0 Å². The highest BCUT2D eigenvalue weighted by molar-refractivity contribution is 7.91. The maximum Gasteiger partial charge on any atom is 0.255 e. The molecule has 7 heteroatoms. The minimum Gasteiger partial charge on any atom is -0.322 e. The fourth-order valence-corrected chi connectivity index (χ4v) is 5.90. The fraction of sp³-hybridized carbons (Fsp3) is 0.190. The molecule has 2 heterocycles. The number of sulfonamides is 1. The number of thiophene rings is 1. The minimum atomic E-state index is -3.48. The first-order valence-corrected chi connectivity index (χ1v) is 11.3. The number of benzene rings is 2. The first-order chi connectivity index (χ1) is 13.4. The molecule has 0 spiro atoms. The molecule has 0 fully saturated rings. The standard InChI is InChI=1S/C21H20N2O3S2/c1-15-4-2-5-17(12-15)21(24)22-19-8-7-16-9-10-23(14-18(16)13-19)28(25,26)20-6-3-11-27-20/h2-8,11-13H,9-10,14H2,1H3,(H,22,24). The van der Waals surface area contributed by atoms with E-state index in [1.165, 1.54) is 15.6 Å². The Labute approximate surface area is 168 Å². The van der Waals surface area contributed by atoms with Crippen LogP contribution >= 0.6 is 11.3 Å². The van der Waals surface area contributed by atoms with E-state index in [4.69, 9.17) is 0 Å². The number of fused-ring (bicyclic) bond motifs is 1. The number of carbonyl (C=O) groups is 1. The van der Waals surface area contributed by atoms with Crippen LogP contribution in [0.4, 0.5) is 5.69 Å². The summed E-state index contributed by atoms with van der Waals surface area (Å²) in [6, 6.07) is 16.5. The van der Waals surface area contributed by atoms with Crippen LogP contribution in [-0.4, -0.2) is 25.2 Å². The van der Waals surface area contributed by atoms with Crippen LogP contribution in [0.1, 0.15) is 27.0 Å². The van der Waals surface area contributed by atoms with E-state index >= 15 is 0 Å². The second-order valence-electron chi connectivity index (χ2n) is 6.83. The molecule has 1 aromatic heterocycles. The lowest BCUT2D eigenvalue weighted by Gasteiger charge is -2.28. The fourth-order valence-electron chi connectivity index (χ4n) is 3.34. The Morgan fingerprint density at radius 3 is 2.68 bits per heavy atom. The Morgan fingerprint density at radius 1 is 1.07 bits per heavy atom. The molecule has 3 aromatic rings. The normalized spacial score (nSPS) is 14.5. The molecular formula is C21H20N2O3S2. The van der Waals surface area contributed by atoms with Crippen LogP contribution < -0.4 is 5.32 Å². The van der Waals surface area contributed by atoms with Crippen molar-refractivity contribution in [3.8, 4) is 0 Å². The minimum absolute atomic E-state index is 0.178. The molecule has 2 aromatic carbocycles. The van der Waals surface area contributed by atoms with Crippen molar-refractivity contribution in [1.82, 2.24) is 4.31 Å². The van der Waals surface area contributed by atoms with Crippen molar-refractivity contribution < 1.29 is 13.2 Å². The zero-order valence-electron chi connectivity index (χ0n) is 15.4. The molecule has 0 atom stereocenters. The highest BCUT2D eigenvalue weighted by atomic mass is 32.2. The highest BCUT2D eigenvalue weighted by Gasteiger charge is 2.29. The molecule has 1 N–H and O–H groups in total. The van der Waals surface area contributed by atoms with E-state index in [9.17, 15) is 13.2 Å². The number of nitrogens with one attached hydrogen (secondary N) is 1. The number of rotatable bonds is 4. The van der Waals surface area contributed by atoms with Crippen LogP contribution in [0.5, 0.6) is 0 Å². The summed E-state index contributed by atoms with van der Waals surface area (Å²) in [5.74, 6) is -0.178. The average Bonchev–Trinajstić information content (AvgIpc) is 3.23.